The van der Waals surface area contributed by atoms with Crippen molar-refractivity contribution in [2.75, 3.05) is 28.8 Å². The highest BCUT2D eigenvalue weighted by Gasteiger charge is 2.14. The average molecular weight is 607 g/mol. The summed E-state index contributed by atoms with van der Waals surface area (Å²) in [6.45, 7) is 0.916. The van der Waals surface area contributed by atoms with Gasteiger partial charge in [0.25, 0.3) is 0 Å². The minimum atomic E-state index is -3.09. The molecule has 216 valence electrons. The largest absolute Gasteiger partial charge is 0.457 e. The second-order valence-corrected chi connectivity index (χ2v) is 13.3. The fourth-order valence-electron chi connectivity index (χ4n) is 4.70. The second-order valence-electron chi connectivity index (χ2n) is 10.2. The fourth-order valence-corrected chi connectivity index (χ4v) is 6.06. The molecule has 9 heteroatoms. The third-order valence-electron chi connectivity index (χ3n) is 6.86. The molecule has 43 heavy (non-hydrogen) atoms. The molecular weight excluding hydrogens is 577 g/mol. The van der Waals surface area contributed by atoms with Gasteiger partial charge in [-0.2, -0.15) is 0 Å². The number of hydrogen-bond donors (Lipinski definition) is 1. The third kappa shape index (κ3) is 7.38. The normalized spacial score (nSPS) is 11.4. The summed E-state index contributed by atoms with van der Waals surface area (Å²) >= 11 is 1.57. The topological polar surface area (TPSA) is 84.4 Å². The number of pyridine rings is 1. The van der Waals surface area contributed by atoms with E-state index in [0.717, 1.165) is 55.7 Å². The molecule has 2 heterocycles. The maximum absolute atomic E-state index is 11.9. The lowest BCUT2D eigenvalue weighted by atomic mass is 10.1. The first-order valence-corrected chi connectivity index (χ1v) is 16.7. The van der Waals surface area contributed by atoms with E-state index in [-0.39, 0.29) is 5.75 Å². The van der Waals surface area contributed by atoms with Crippen molar-refractivity contribution in [1.29, 1.82) is 0 Å². The molecule has 0 amide bonds. The van der Waals surface area contributed by atoms with Gasteiger partial charge in [0.2, 0.25) is 0 Å². The first-order chi connectivity index (χ1) is 20.9. The van der Waals surface area contributed by atoms with E-state index < -0.39 is 9.84 Å². The molecule has 0 aliphatic carbocycles. The number of sulfone groups is 1. The molecule has 0 bridgehead atoms. The molecular formula is C34H30N4O3S2. The van der Waals surface area contributed by atoms with Gasteiger partial charge in [0, 0.05) is 52.4 Å². The maximum atomic E-state index is 11.9. The number of rotatable bonds is 11. The Morgan fingerprint density at radius 2 is 1.58 bits per heavy atom. The minimum Gasteiger partial charge on any atom is -0.457 e. The maximum Gasteiger partial charge on any atom is 0.149 e. The summed E-state index contributed by atoms with van der Waals surface area (Å²) in [5, 5.41) is 7.43. The van der Waals surface area contributed by atoms with Crippen LogP contribution in [0.3, 0.4) is 0 Å². The zero-order valence-electron chi connectivity index (χ0n) is 23.6. The molecule has 0 aliphatic rings. The summed E-state index contributed by atoms with van der Waals surface area (Å²) in [4.78, 5) is 11.6. The number of nitrogens with one attached hydrogen (secondary N) is 1. The van der Waals surface area contributed by atoms with Crippen molar-refractivity contribution in [1.82, 2.24) is 9.97 Å². The molecule has 0 atom stereocenters. The van der Waals surface area contributed by atoms with Crippen LogP contribution in [0.25, 0.3) is 21.5 Å². The van der Waals surface area contributed by atoms with Crippen molar-refractivity contribution in [2.45, 2.75) is 6.54 Å². The van der Waals surface area contributed by atoms with Gasteiger partial charge in [0.15, 0.2) is 0 Å². The van der Waals surface area contributed by atoms with Crippen LogP contribution in [0.2, 0.25) is 0 Å². The van der Waals surface area contributed by atoms with Crippen LogP contribution in [0.5, 0.6) is 11.5 Å². The molecule has 0 aliphatic heterocycles. The molecule has 4 aromatic carbocycles. The molecule has 6 aromatic rings. The number of thiazole rings is 1. The Morgan fingerprint density at radius 3 is 2.33 bits per heavy atom. The van der Waals surface area contributed by atoms with Gasteiger partial charge >= 0.3 is 0 Å². The summed E-state index contributed by atoms with van der Waals surface area (Å²) in [6, 6.07) is 35.6. The van der Waals surface area contributed by atoms with Crippen LogP contribution in [0.1, 0.15) is 5.69 Å². The van der Waals surface area contributed by atoms with Crippen molar-refractivity contribution in [2.24, 2.45) is 0 Å². The van der Waals surface area contributed by atoms with Crippen molar-refractivity contribution >= 4 is 49.1 Å². The monoisotopic (exact) mass is 606 g/mol. The van der Waals surface area contributed by atoms with E-state index in [9.17, 15) is 8.42 Å². The Hall–Kier alpha value is -4.73. The molecule has 2 aromatic heterocycles. The van der Waals surface area contributed by atoms with E-state index >= 15 is 0 Å². The van der Waals surface area contributed by atoms with Crippen LogP contribution in [-0.2, 0) is 16.4 Å². The van der Waals surface area contributed by atoms with Gasteiger partial charge in [-0.05, 0) is 60.7 Å². The van der Waals surface area contributed by atoms with Crippen LogP contribution in [0.15, 0.2) is 121 Å². The lowest BCUT2D eigenvalue weighted by molar-refractivity contribution is 0.483. The van der Waals surface area contributed by atoms with Crippen molar-refractivity contribution in [3.63, 3.8) is 0 Å². The summed E-state index contributed by atoms with van der Waals surface area (Å²) in [7, 11) is -3.09. The van der Waals surface area contributed by atoms with Crippen molar-refractivity contribution < 1.29 is 13.2 Å². The summed E-state index contributed by atoms with van der Waals surface area (Å²) in [5.74, 6) is 1.65. The van der Waals surface area contributed by atoms with Gasteiger partial charge in [0.05, 0.1) is 23.5 Å². The van der Waals surface area contributed by atoms with Gasteiger partial charge in [-0.15, -0.1) is 11.3 Å². The SMILES string of the molecule is CS(=O)(=O)CCN(Cc1csc(-c2ccc3c(Nc4ccc(Oc5ccccc5)cc4)ccnc3c2)n1)c1ccccc1. The van der Waals surface area contributed by atoms with Crippen molar-refractivity contribution in [3.8, 4) is 22.1 Å². The molecule has 1 N–H and O–H groups in total. The number of benzene rings is 4. The smallest absolute Gasteiger partial charge is 0.149 e. The van der Waals surface area contributed by atoms with E-state index in [1.165, 1.54) is 6.26 Å². The van der Waals surface area contributed by atoms with E-state index in [1.807, 2.05) is 96.4 Å². The molecule has 0 spiro atoms. The molecule has 0 radical (unpaired) electrons. The van der Waals surface area contributed by atoms with E-state index in [0.29, 0.717) is 13.1 Å². The van der Waals surface area contributed by atoms with Gasteiger partial charge in [-0.1, -0.05) is 48.5 Å². The molecule has 0 fully saturated rings. The van der Waals surface area contributed by atoms with E-state index in [2.05, 4.69) is 33.4 Å². The minimum absolute atomic E-state index is 0.0806. The Labute approximate surface area is 255 Å². The fraction of sp³-hybridized carbons (Fsp3) is 0.118. The Bertz CT molecular complexity index is 1930. The standard InChI is InChI=1S/C34H30N4O3S2/c1-43(39,40)21-20-38(28-8-4-2-5-9-28)23-27-24-42-34(37-27)25-12-17-31-32(18-19-35-33(31)22-25)36-26-13-15-30(16-14-26)41-29-10-6-3-7-11-29/h2-19,22,24H,20-21,23H2,1H3,(H,35,36). The number of anilines is 3. The average Bonchev–Trinajstić information content (AvgIpc) is 3.49. The highest BCUT2D eigenvalue weighted by Crippen LogP contribution is 2.32. The first kappa shape index (κ1) is 28.4. The summed E-state index contributed by atoms with van der Waals surface area (Å²) in [5.41, 5.74) is 5.60. The Balaban J connectivity index is 1.17. The molecule has 0 saturated carbocycles. The van der Waals surface area contributed by atoms with E-state index in [1.54, 1.807) is 17.5 Å². The number of hydrogen-bond acceptors (Lipinski definition) is 8. The quantitative estimate of drug-likeness (QED) is 0.160. The first-order valence-electron chi connectivity index (χ1n) is 13.8. The highest BCUT2D eigenvalue weighted by molar-refractivity contribution is 7.90. The molecule has 6 rings (SSSR count). The number of para-hydroxylation sites is 2. The number of fused-ring (bicyclic) bond motifs is 1. The lowest BCUT2D eigenvalue weighted by Gasteiger charge is -2.23. The van der Waals surface area contributed by atoms with Gasteiger partial charge in [-0.25, -0.2) is 13.4 Å². The van der Waals surface area contributed by atoms with Gasteiger partial charge in [-0.3, -0.25) is 4.98 Å². The third-order valence-corrected chi connectivity index (χ3v) is 8.72. The number of nitrogens with zero attached hydrogens (tertiary/aromatic N) is 3. The van der Waals surface area contributed by atoms with Crippen molar-refractivity contribution in [3.05, 3.63) is 126 Å². The highest BCUT2D eigenvalue weighted by atomic mass is 32.2. The van der Waals surface area contributed by atoms with Crippen LogP contribution >= 0.6 is 11.3 Å². The number of aromatic nitrogens is 2. The zero-order chi connectivity index (χ0) is 29.6. The second kappa shape index (κ2) is 12.6. The van der Waals surface area contributed by atoms with Gasteiger partial charge < -0.3 is 15.0 Å². The molecule has 0 saturated heterocycles. The molecule has 7 nitrogen and oxygen atoms in total. The van der Waals surface area contributed by atoms with Crippen LogP contribution in [0.4, 0.5) is 17.1 Å². The predicted octanol–water partition coefficient (Wildman–Crippen LogP) is 7.95. The van der Waals surface area contributed by atoms with Gasteiger partial charge in [0.1, 0.15) is 26.3 Å². The van der Waals surface area contributed by atoms with Crippen LogP contribution < -0.4 is 15.0 Å². The van der Waals surface area contributed by atoms with Crippen LogP contribution in [-0.4, -0.2) is 36.9 Å². The zero-order valence-corrected chi connectivity index (χ0v) is 25.2. The number of ether oxygens (including phenoxy) is 1. The lowest BCUT2D eigenvalue weighted by Crippen LogP contribution is -2.28. The molecule has 0 unspecified atom stereocenters. The predicted molar refractivity (Wildman–Crippen MR) is 176 cm³/mol. The summed E-state index contributed by atoms with van der Waals surface area (Å²) in [6.07, 6.45) is 3.07. The summed E-state index contributed by atoms with van der Waals surface area (Å²) < 4.78 is 29.6. The van der Waals surface area contributed by atoms with E-state index in [4.69, 9.17) is 9.72 Å². The Kier molecular flexibility index (Phi) is 8.35. The van der Waals surface area contributed by atoms with Crippen LogP contribution in [0, 0.1) is 0 Å². The Morgan fingerprint density at radius 1 is 0.860 bits per heavy atom.